The number of nitrogens with one attached hydrogen (secondary N) is 1. The van der Waals surface area contributed by atoms with Crippen LogP contribution in [0.5, 0.6) is 0 Å². The third-order valence-corrected chi connectivity index (χ3v) is 6.07. The van der Waals surface area contributed by atoms with Gasteiger partial charge in [0.25, 0.3) is 0 Å². The zero-order chi connectivity index (χ0) is 21.3. The SMILES string of the molecule is CN1CCCN(Cc2ccc(-c3cccc(C4CCC(=O)NC4=O)c3Cl)cn2)C1=O. The summed E-state index contributed by atoms with van der Waals surface area (Å²) in [4.78, 5) is 44.0. The van der Waals surface area contributed by atoms with Gasteiger partial charge in [-0.05, 0) is 24.5 Å². The molecule has 1 atom stereocenters. The maximum atomic E-state index is 12.3. The summed E-state index contributed by atoms with van der Waals surface area (Å²) in [6, 6.07) is 9.41. The van der Waals surface area contributed by atoms with E-state index in [1.165, 1.54) is 0 Å². The Morgan fingerprint density at radius 1 is 1.17 bits per heavy atom. The number of halogens is 1. The Bertz CT molecular complexity index is 992. The fraction of sp³-hybridized carbons (Fsp3) is 0.364. The number of pyridine rings is 1. The molecule has 1 aromatic heterocycles. The second kappa shape index (κ2) is 8.44. The summed E-state index contributed by atoms with van der Waals surface area (Å²) in [5.74, 6) is -0.999. The molecule has 3 heterocycles. The Morgan fingerprint density at radius 2 is 2.00 bits per heavy atom. The highest BCUT2D eigenvalue weighted by molar-refractivity contribution is 6.34. The lowest BCUT2D eigenvalue weighted by Gasteiger charge is -2.33. The average Bonchev–Trinajstić information content (AvgIpc) is 2.73. The van der Waals surface area contributed by atoms with Gasteiger partial charge in [-0.1, -0.05) is 35.9 Å². The van der Waals surface area contributed by atoms with Crippen LogP contribution in [-0.4, -0.2) is 52.8 Å². The second-order valence-corrected chi connectivity index (χ2v) is 8.11. The van der Waals surface area contributed by atoms with Crippen LogP contribution in [0.2, 0.25) is 5.02 Å². The molecule has 0 radical (unpaired) electrons. The van der Waals surface area contributed by atoms with E-state index in [0.717, 1.165) is 36.3 Å². The van der Waals surface area contributed by atoms with E-state index >= 15 is 0 Å². The fourth-order valence-electron chi connectivity index (χ4n) is 3.98. The van der Waals surface area contributed by atoms with E-state index in [-0.39, 0.29) is 17.8 Å². The number of benzene rings is 1. The highest BCUT2D eigenvalue weighted by atomic mass is 35.5. The number of piperidine rings is 1. The maximum Gasteiger partial charge on any atom is 0.320 e. The van der Waals surface area contributed by atoms with Crippen molar-refractivity contribution in [3.05, 3.63) is 52.8 Å². The first kappa shape index (κ1) is 20.3. The van der Waals surface area contributed by atoms with Gasteiger partial charge >= 0.3 is 6.03 Å². The Balaban J connectivity index is 1.54. The van der Waals surface area contributed by atoms with Crippen molar-refractivity contribution in [2.75, 3.05) is 20.1 Å². The molecule has 2 fully saturated rings. The first-order valence-corrected chi connectivity index (χ1v) is 10.4. The molecule has 30 heavy (non-hydrogen) atoms. The van der Waals surface area contributed by atoms with Gasteiger partial charge in [0.2, 0.25) is 11.8 Å². The highest BCUT2D eigenvalue weighted by Crippen LogP contribution is 2.37. The molecule has 8 heteroatoms. The quantitative estimate of drug-likeness (QED) is 0.761. The average molecular weight is 427 g/mol. The van der Waals surface area contributed by atoms with Crippen LogP contribution in [0.15, 0.2) is 36.5 Å². The van der Waals surface area contributed by atoms with E-state index in [0.29, 0.717) is 30.0 Å². The van der Waals surface area contributed by atoms with Crippen LogP contribution in [0.3, 0.4) is 0 Å². The summed E-state index contributed by atoms with van der Waals surface area (Å²) < 4.78 is 0. The molecule has 0 saturated carbocycles. The number of hydrogen-bond acceptors (Lipinski definition) is 4. The molecule has 1 unspecified atom stereocenters. The number of amides is 4. The Kier molecular flexibility index (Phi) is 5.72. The minimum absolute atomic E-state index is 0.0205. The smallest absolute Gasteiger partial charge is 0.320 e. The van der Waals surface area contributed by atoms with Gasteiger partial charge in [0.1, 0.15) is 0 Å². The van der Waals surface area contributed by atoms with Gasteiger partial charge in [-0.15, -0.1) is 0 Å². The van der Waals surface area contributed by atoms with Gasteiger partial charge in [0.15, 0.2) is 0 Å². The summed E-state index contributed by atoms with van der Waals surface area (Å²) in [5, 5.41) is 2.88. The predicted octanol–water partition coefficient (Wildman–Crippen LogP) is 3.18. The van der Waals surface area contributed by atoms with Gasteiger partial charge in [0, 0.05) is 43.9 Å². The summed E-state index contributed by atoms with van der Waals surface area (Å²) in [7, 11) is 1.81. The van der Waals surface area contributed by atoms with E-state index in [9.17, 15) is 14.4 Å². The molecular formula is C22H23ClN4O3. The van der Waals surface area contributed by atoms with E-state index in [4.69, 9.17) is 11.6 Å². The molecule has 4 rings (SSSR count). The molecule has 0 aliphatic carbocycles. The second-order valence-electron chi connectivity index (χ2n) is 7.73. The van der Waals surface area contributed by atoms with E-state index in [2.05, 4.69) is 10.3 Å². The Hall–Kier alpha value is -2.93. The van der Waals surface area contributed by atoms with Crippen LogP contribution in [0.25, 0.3) is 11.1 Å². The molecule has 4 amide bonds. The number of imide groups is 1. The lowest BCUT2D eigenvalue weighted by molar-refractivity contribution is -0.134. The number of hydrogen-bond donors (Lipinski definition) is 1. The first-order chi connectivity index (χ1) is 14.4. The number of carbonyl (C=O) groups excluding carboxylic acids is 3. The van der Waals surface area contributed by atoms with E-state index in [1.807, 2.05) is 37.4 Å². The summed E-state index contributed by atoms with van der Waals surface area (Å²) in [6.07, 6.45) is 3.44. The van der Waals surface area contributed by atoms with Crippen LogP contribution in [0, 0.1) is 0 Å². The highest BCUT2D eigenvalue weighted by Gasteiger charge is 2.30. The first-order valence-electron chi connectivity index (χ1n) is 10.0. The van der Waals surface area contributed by atoms with Gasteiger partial charge in [-0.2, -0.15) is 0 Å². The van der Waals surface area contributed by atoms with Crippen molar-refractivity contribution < 1.29 is 14.4 Å². The number of rotatable bonds is 4. The largest absolute Gasteiger partial charge is 0.328 e. The number of aromatic nitrogens is 1. The topological polar surface area (TPSA) is 82.6 Å². The van der Waals surface area contributed by atoms with Crippen molar-refractivity contribution in [3.8, 4) is 11.1 Å². The van der Waals surface area contributed by atoms with Crippen LogP contribution in [0.1, 0.15) is 36.4 Å². The van der Waals surface area contributed by atoms with Crippen LogP contribution >= 0.6 is 11.6 Å². The fourth-order valence-corrected chi connectivity index (χ4v) is 4.35. The molecular weight excluding hydrogens is 404 g/mol. The van der Waals surface area contributed by atoms with Gasteiger partial charge < -0.3 is 9.80 Å². The maximum absolute atomic E-state index is 12.3. The minimum Gasteiger partial charge on any atom is -0.328 e. The number of carbonyl (C=O) groups is 3. The molecule has 2 saturated heterocycles. The van der Waals surface area contributed by atoms with E-state index in [1.54, 1.807) is 16.0 Å². The molecule has 2 aliphatic heterocycles. The lowest BCUT2D eigenvalue weighted by atomic mass is 9.88. The van der Waals surface area contributed by atoms with Crippen molar-refractivity contribution in [1.82, 2.24) is 20.1 Å². The van der Waals surface area contributed by atoms with Crippen LogP contribution in [0.4, 0.5) is 4.79 Å². The van der Waals surface area contributed by atoms with Gasteiger partial charge in [0.05, 0.1) is 23.2 Å². The summed E-state index contributed by atoms with van der Waals surface area (Å²) >= 11 is 6.66. The third kappa shape index (κ3) is 4.03. The normalized spacial score (nSPS) is 19.8. The zero-order valence-electron chi connectivity index (χ0n) is 16.7. The lowest BCUT2D eigenvalue weighted by Crippen LogP contribution is -2.46. The molecule has 1 aromatic carbocycles. The molecule has 2 aliphatic rings. The Morgan fingerprint density at radius 3 is 2.73 bits per heavy atom. The molecule has 1 N–H and O–H groups in total. The van der Waals surface area contributed by atoms with Crippen molar-refractivity contribution in [2.45, 2.75) is 31.7 Å². The zero-order valence-corrected chi connectivity index (χ0v) is 17.5. The van der Waals surface area contributed by atoms with Crippen molar-refractivity contribution >= 4 is 29.4 Å². The molecule has 2 aromatic rings. The summed E-state index contributed by atoms with van der Waals surface area (Å²) in [6.45, 7) is 1.98. The van der Waals surface area contributed by atoms with Crippen LogP contribution in [-0.2, 0) is 16.1 Å². The number of urea groups is 1. The predicted molar refractivity (Wildman–Crippen MR) is 113 cm³/mol. The van der Waals surface area contributed by atoms with Crippen molar-refractivity contribution in [3.63, 3.8) is 0 Å². The van der Waals surface area contributed by atoms with Gasteiger partial charge in [-0.3, -0.25) is 19.9 Å². The number of nitrogens with zero attached hydrogens (tertiary/aromatic N) is 3. The van der Waals surface area contributed by atoms with Gasteiger partial charge in [-0.25, -0.2) is 4.79 Å². The molecule has 7 nitrogen and oxygen atoms in total. The molecule has 156 valence electrons. The third-order valence-electron chi connectivity index (χ3n) is 5.65. The monoisotopic (exact) mass is 426 g/mol. The standard InChI is InChI=1S/C22H23ClN4O3/c1-26-10-3-11-27(22(26)30)13-15-7-6-14(12-24-15)16-4-2-5-17(20(16)23)18-8-9-19(28)25-21(18)29/h2,4-7,12,18H,3,8-11,13H2,1H3,(H,25,28,29). The van der Waals surface area contributed by atoms with Crippen LogP contribution < -0.4 is 5.32 Å². The minimum atomic E-state index is -0.440. The molecule has 0 bridgehead atoms. The van der Waals surface area contributed by atoms with E-state index < -0.39 is 5.92 Å². The summed E-state index contributed by atoms with van der Waals surface area (Å²) in [5.41, 5.74) is 3.14. The molecule has 0 spiro atoms. The van der Waals surface area contributed by atoms with Crippen molar-refractivity contribution in [1.29, 1.82) is 0 Å². The Labute approximate surface area is 180 Å². The van der Waals surface area contributed by atoms with Crippen molar-refractivity contribution in [2.24, 2.45) is 0 Å².